The lowest BCUT2D eigenvalue weighted by Gasteiger charge is -2.29. The van der Waals surface area contributed by atoms with Crippen LogP contribution in [0.5, 0.6) is 11.5 Å². The van der Waals surface area contributed by atoms with Crippen molar-refractivity contribution >= 4 is 20.2 Å². The standard InChI is InChI=1S/C31H32O8S2/c1-20(22-8-6-5-7-9-22)23-10-12-24(13-11-23)21(2)39-26-15-17-28(30(19-26)41(36,37)38)31(3,4)27-16-14-25(32)18-29(27)40(33,34)35/h5-21,32H,1-4H3,(H,33,34,35)(H,36,37,38). The Morgan fingerprint density at radius 3 is 1.71 bits per heavy atom. The van der Waals surface area contributed by atoms with Crippen LogP contribution in [0.15, 0.2) is 101 Å². The highest BCUT2D eigenvalue weighted by atomic mass is 32.2. The molecule has 0 fully saturated rings. The monoisotopic (exact) mass is 596 g/mol. The average Bonchev–Trinajstić information content (AvgIpc) is 2.92. The summed E-state index contributed by atoms with van der Waals surface area (Å²) in [6.45, 7) is 7.02. The lowest BCUT2D eigenvalue weighted by molar-refractivity contribution is 0.226. The third kappa shape index (κ3) is 6.62. The molecule has 41 heavy (non-hydrogen) atoms. The molecule has 0 radical (unpaired) electrons. The maximum absolute atomic E-state index is 12.5. The number of rotatable bonds is 9. The Bertz CT molecular complexity index is 1760. The first-order valence-corrected chi connectivity index (χ1v) is 15.7. The molecule has 0 aliphatic heterocycles. The average molecular weight is 597 g/mol. The van der Waals surface area contributed by atoms with E-state index in [4.69, 9.17) is 4.74 Å². The summed E-state index contributed by atoms with van der Waals surface area (Å²) in [6.07, 6.45) is -0.465. The Kier molecular flexibility index (Phi) is 8.33. The molecule has 0 saturated carbocycles. The molecule has 4 aromatic carbocycles. The van der Waals surface area contributed by atoms with E-state index in [1.165, 1.54) is 35.9 Å². The van der Waals surface area contributed by atoms with Crippen LogP contribution in [0.2, 0.25) is 0 Å². The number of aromatic hydroxyl groups is 1. The van der Waals surface area contributed by atoms with E-state index in [1.54, 1.807) is 13.8 Å². The molecule has 4 rings (SSSR count). The van der Waals surface area contributed by atoms with Crippen molar-refractivity contribution in [3.63, 3.8) is 0 Å². The zero-order valence-electron chi connectivity index (χ0n) is 23.0. The van der Waals surface area contributed by atoms with Crippen LogP contribution in [0.3, 0.4) is 0 Å². The minimum Gasteiger partial charge on any atom is -0.508 e. The van der Waals surface area contributed by atoms with Crippen molar-refractivity contribution in [1.29, 1.82) is 0 Å². The van der Waals surface area contributed by atoms with E-state index in [9.17, 15) is 31.0 Å². The molecule has 0 heterocycles. The number of benzene rings is 4. The van der Waals surface area contributed by atoms with Crippen LogP contribution in [-0.2, 0) is 25.7 Å². The second kappa shape index (κ2) is 11.3. The van der Waals surface area contributed by atoms with Gasteiger partial charge < -0.3 is 9.84 Å². The summed E-state index contributed by atoms with van der Waals surface area (Å²) < 4.78 is 75.0. The van der Waals surface area contributed by atoms with Crippen molar-refractivity contribution in [3.05, 3.63) is 119 Å². The van der Waals surface area contributed by atoms with Gasteiger partial charge in [0.2, 0.25) is 0 Å². The molecular weight excluding hydrogens is 564 g/mol. The highest BCUT2D eigenvalue weighted by Gasteiger charge is 2.35. The molecule has 4 aromatic rings. The van der Waals surface area contributed by atoms with Gasteiger partial charge in [-0.15, -0.1) is 0 Å². The van der Waals surface area contributed by atoms with Crippen molar-refractivity contribution in [2.24, 2.45) is 0 Å². The van der Waals surface area contributed by atoms with Crippen molar-refractivity contribution in [2.75, 3.05) is 0 Å². The highest BCUT2D eigenvalue weighted by molar-refractivity contribution is 7.86. The minimum absolute atomic E-state index is 0.0227. The predicted octanol–water partition coefficient (Wildman–Crippen LogP) is 6.50. The van der Waals surface area contributed by atoms with E-state index in [2.05, 4.69) is 19.1 Å². The SMILES string of the molecule is CC(Oc1ccc(C(C)(C)c2ccc(O)cc2S(=O)(=O)O)c(S(=O)(=O)O)c1)c1ccc(C(C)c2ccccc2)cc1. The minimum atomic E-state index is -4.79. The molecule has 0 aromatic heterocycles. The van der Waals surface area contributed by atoms with E-state index < -0.39 is 47.3 Å². The van der Waals surface area contributed by atoms with Crippen molar-refractivity contribution in [3.8, 4) is 11.5 Å². The molecule has 216 valence electrons. The van der Waals surface area contributed by atoms with Gasteiger partial charge in [0.15, 0.2) is 0 Å². The molecular formula is C31H32O8S2. The molecule has 0 amide bonds. The van der Waals surface area contributed by atoms with Crippen LogP contribution in [0, 0.1) is 0 Å². The smallest absolute Gasteiger partial charge is 0.294 e. The maximum atomic E-state index is 12.5. The zero-order valence-corrected chi connectivity index (χ0v) is 24.6. The molecule has 0 spiro atoms. The zero-order chi connectivity index (χ0) is 30.2. The largest absolute Gasteiger partial charge is 0.508 e. The summed E-state index contributed by atoms with van der Waals surface area (Å²) in [5.74, 6) is -0.0239. The lowest BCUT2D eigenvalue weighted by Crippen LogP contribution is -2.25. The summed E-state index contributed by atoms with van der Waals surface area (Å²) in [5, 5.41) is 9.80. The fourth-order valence-electron chi connectivity index (χ4n) is 4.95. The first kappa shape index (κ1) is 30.3. The van der Waals surface area contributed by atoms with Gasteiger partial charge in [0.1, 0.15) is 27.4 Å². The van der Waals surface area contributed by atoms with E-state index >= 15 is 0 Å². The fourth-order valence-corrected chi connectivity index (χ4v) is 6.69. The summed E-state index contributed by atoms with van der Waals surface area (Å²) in [7, 11) is -9.56. The first-order chi connectivity index (χ1) is 19.1. The number of phenolic OH excluding ortho intramolecular Hbond substituents is 1. The van der Waals surface area contributed by atoms with Crippen molar-refractivity contribution in [1.82, 2.24) is 0 Å². The Morgan fingerprint density at radius 2 is 1.15 bits per heavy atom. The molecule has 0 bridgehead atoms. The molecule has 0 aliphatic rings. The van der Waals surface area contributed by atoms with Gasteiger partial charge >= 0.3 is 0 Å². The van der Waals surface area contributed by atoms with Crippen molar-refractivity contribution in [2.45, 2.75) is 54.9 Å². The van der Waals surface area contributed by atoms with Gasteiger partial charge in [-0.2, -0.15) is 16.8 Å². The normalized spacial score (nSPS) is 13.9. The highest BCUT2D eigenvalue weighted by Crippen LogP contribution is 2.41. The number of ether oxygens (including phenoxy) is 1. The van der Waals surface area contributed by atoms with E-state index in [1.807, 2.05) is 49.4 Å². The predicted molar refractivity (Wildman–Crippen MR) is 156 cm³/mol. The van der Waals surface area contributed by atoms with Gasteiger partial charge in [0, 0.05) is 23.5 Å². The summed E-state index contributed by atoms with van der Waals surface area (Å²) in [4.78, 5) is -1.06. The van der Waals surface area contributed by atoms with Gasteiger partial charge in [-0.1, -0.05) is 87.5 Å². The molecule has 2 unspecified atom stereocenters. The topological polar surface area (TPSA) is 138 Å². The van der Waals surface area contributed by atoms with Crippen LogP contribution < -0.4 is 4.74 Å². The third-order valence-electron chi connectivity index (χ3n) is 7.34. The van der Waals surface area contributed by atoms with Crippen molar-refractivity contribution < 1.29 is 35.8 Å². The number of hydrogen-bond donors (Lipinski definition) is 3. The van der Waals surface area contributed by atoms with Gasteiger partial charge in [-0.25, -0.2) is 0 Å². The number of hydrogen-bond acceptors (Lipinski definition) is 6. The molecule has 0 saturated heterocycles. The summed E-state index contributed by atoms with van der Waals surface area (Å²) in [6, 6.07) is 25.6. The van der Waals surface area contributed by atoms with Gasteiger partial charge in [-0.3, -0.25) is 9.11 Å². The molecule has 0 aliphatic carbocycles. The lowest BCUT2D eigenvalue weighted by atomic mass is 9.78. The summed E-state index contributed by atoms with van der Waals surface area (Å²) >= 11 is 0. The van der Waals surface area contributed by atoms with Crippen LogP contribution in [-0.4, -0.2) is 31.0 Å². The molecule has 8 nitrogen and oxygen atoms in total. The van der Waals surface area contributed by atoms with Crippen LogP contribution >= 0.6 is 0 Å². The number of phenols is 1. The van der Waals surface area contributed by atoms with E-state index in [0.717, 1.165) is 17.2 Å². The molecule has 10 heteroatoms. The van der Waals surface area contributed by atoms with Crippen LogP contribution in [0.1, 0.15) is 67.5 Å². The molecule has 2 atom stereocenters. The van der Waals surface area contributed by atoms with E-state index in [0.29, 0.717) is 0 Å². The molecule has 3 N–H and O–H groups in total. The van der Waals surface area contributed by atoms with Crippen LogP contribution in [0.4, 0.5) is 0 Å². The maximum Gasteiger partial charge on any atom is 0.294 e. The summed E-state index contributed by atoms with van der Waals surface area (Å²) in [5.41, 5.74) is 1.92. The Morgan fingerprint density at radius 1 is 0.659 bits per heavy atom. The van der Waals surface area contributed by atoms with Gasteiger partial charge in [0.25, 0.3) is 20.2 Å². The second-order valence-electron chi connectivity index (χ2n) is 10.5. The Hall–Kier alpha value is -3.70. The fraction of sp³-hybridized carbons (Fsp3) is 0.226. The van der Waals surface area contributed by atoms with E-state index in [-0.39, 0.29) is 22.8 Å². The Balaban J connectivity index is 1.66. The first-order valence-electron chi connectivity index (χ1n) is 12.8. The van der Waals surface area contributed by atoms with Crippen LogP contribution in [0.25, 0.3) is 0 Å². The quantitative estimate of drug-likeness (QED) is 0.186. The van der Waals surface area contributed by atoms with Gasteiger partial charge in [-0.05, 0) is 46.9 Å². The third-order valence-corrected chi connectivity index (χ3v) is 9.13. The Labute approximate surface area is 240 Å². The second-order valence-corrected chi connectivity index (χ2v) is 13.3. The van der Waals surface area contributed by atoms with Gasteiger partial charge in [0.05, 0.1) is 0 Å².